The molecule has 216 valence electrons. The Hall–Kier alpha value is -3.00. The summed E-state index contributed by atoms with van der Waals surface area (Å²) in [6, 6.07) is 17.5. The molecule has 4 aliphatic heterocycles. The second-order valence-corrected chi connectivity index (χ2v) is 12.7. The minimum atomic E-state index is 0.165. The van der Waals surface area contributed by atoms with E-state index in [1.54, 1.807) is 0 Å². The number of fused-ring (bicyclic) bond motifs is 2. The first-order valence-electron chi connectivity index (χ1n) is 15.6. The molecule has 0 aliphatic carbocycles. The SMILES string of the molecule is C[C@@H]1CC(c2ccc3cc(CN4CC[C@H](Oc5ccc6c(c5)CN(C5CCCNC5)C6=O)C4)ccc3n2)C[C@H](C)O1. The third-order valence-corrected chi connectivity index (χ3v) is 9.45. The molecule has 41 heavy (non-hydrogen) atoms. The standard InChI is InChI=1S/C34H42N4O3/c1-22-14-26(15-23(2)40-22)33-10-6-25-16-24(5-9-32(25)36-33)19-37-13-11-30(21-37)41-29-7-8-31-27(17-29)20-38(34(31)39)28-4-3-12-35-18-28/h5-10,16-17,22-23,26,28,30,35H,3-4,11-15,18-21H2,1-2H3/t22-,23+,26?,28?,30-/m0/s1. The summed E-state index contributed by atoms with van der Waals surface area (Å²) in [7, 11) is 0. The van der Waals surface area contributed by atoms with Crippen molar-refractivity contribution in [1.82, 2.24) is 20.1 Å². The highest BCUT2D eigenvalue weighted by atomic mass is 16.5. The minimum Gasteiger partial charge on any atom is -0.489 e. The molecule has 3 saturated heterocycles. The molecule has 2 aromatic carbocycles. The number of rotatable bonds is 6. The number of pyridine rings is 1. The van der Waals surface area contributed by atoms with Gasteiger partial charge in [0.05, 0.1) is 17.7 Å². The largest absolute Gasteiger partial charge is 0.489 e. The van der Waals surface area contributed by atoms with Crippen LogP contribution in [-0.2, 0) is 17.8 Å². The summed E-state index contributed by atoms with van der Waals surface area (Å²) in [6.07, 6.45) is 6.05. The van der Waals surface area contributed by atoms with Crippen LogP contribution in [0.25, 0.3) is 10.9 Å². The van der Waals surface area contributed by atoms with Crippen LogP contribution in [0.15, 0.2) is 48.5 Å². The van der Waals surface area contributed by atoms with Crippen LogP contribution in [0.2, 0.25) is 0 Å². The van der Waals surface area contributed by atoms with Crippen LogP contribution < -0.4 is 10.1 Å². The molecule has 7 heteroatoms. The lowest BCUT2D eigenvalue weighted by molar-refractivity contribution is -0.0385. The van der Waals surface area contributed by atoms with Crippen molar-refractivity contribution in [2.45, 2.75) is 89.3 Å². The summed E-state index contributed by atoms with van der Waals surface area (Å²) in [5.74, 6) is 1.52. The molecular formula is C34H42N4O3. The molecule has 2 unspecified atom stereocenters. The Balaban J connectivity index is 0.956. The van der Waals surface area contributed by atoms with E-state index in [4.69, 9.17) is 14.5 Å². The van der Waals surface area contributed by atoms with Crippen LogP contribution in [-0.4, -0.2) is 71.2 Å². The van der Waals surface area contributed by atoms with Gasteiger partial charge < -0.3 is 19.7 Å². The van der Waals surface area contributed by atoms with E-state index in [-0.39, 0.29) is 24.2 Å². The van der Waals surface area contributed by atoms with Crippen molar-refractivity contribution in [2.24, 2.45) is 0 Å². The van der Waals surface area contributed by atoms with Crippen molar-refractivity contribution in [3.05, 3.63) is 70.9 Å². The van der Waals surface area contributed by atoms with Gasteiger partial charge in [0.25, 0.3) is 5.91 Å². The maximum atomic E-state index is 13.0. The maximum absolute atomic E-state index is 13.0. The monoisotopic (exact) mass is 554 g/mol. The zero-order chi connectivity index (χ0) is 27.9. The van der Waals surface area contributed by atoms with E-state index in [1.165, 1.54) is 16.6 Å². The topological polar surface area (TPSA) is 66.9 Å². The molecule has 3 aromatic rings. The van der Waals surface area contributed by atoms with E-state index in [9.17, 15) is 4.79 Å². The van der Waals surface area contributed by atoms with E-state index >= 15 is 0 Å². The minimum absolute atomic E-state index is 0.165. The number of amides is 1. The zero-order valence-corrected chi connectivity index (χ0v) is 24.4. The lowest BCUT2D eigenvalue weighted by Crippen LogP contribution is -2.46. The lowest BCUT2D eigenvalue weighted by Gasteiger charge is -2.31. The number of benzene rings is 2. The van der Waals surface area contributed by atoms with Crippen molar-refractivity contribution in [2.75, 3.05) is 26.2 Å². The lowest BCUT2D eigenvalue weighted by atomic mass is 9.89. The first-order valence-corrected chi connectivity index (χ1v) is 15.6. The van der Waals surface area contributed by atoms with E-state index < -0.39 is 0 Å². The Kier molecular flexibility index (Phi) is 7.44. The second-order valence-electron chi connectivity index (χ2n) is 12.7. The number of hydrogen-bond donors (Lipinski definition) is 1. The first kappa shape index (κ1) is 26.9. The third-order valence-electron chi connectivity index (χ3n) is 9.45. The number of carbonyl (C=O) groups is 1. The number of likely N-dealkylation sites (tertiary alicyclic amines) is 1. The number of nitrogens with zero attached hydrogens (tertiary/aromatic N) is 3. The molecule has 7 rings (SSSR count). The summed E-state index contributed by atoms with van der Waals surface area (Å²) in [4.78, 5) is 22.6. The van der Waals surface area contributed by atoms with Crippen molar-refractivity contribution in [3.8, 4) is 5.75 Å². The van der Waals surface area contributed by atoms with Crippen molar-refractivity contribution in [1.29, 1.82) is 0 Å². The van der Waals surface area contributed by atoms with E-state index in [0.29, 0.717) is 18.5 Å². The fourth-order valence-corrected chi connectivity index (χ4v) is 7.44. The summed E-state index contributed by atoms with van der Waals surface area (Å²) < 4.78 is 12.4. The van der Waals surface area contributed by atoms with Gasteiger partial charge in [0.15, 0.2) is 0 Å². The van der Waals surface area contributed by atoms with Crippen LogP contribution >= 0.6 is 0 Å². The van der Waals surface area contributed by atoms with E-state index in [2.05, 4.69) is 60.5 Å². The Morgan fingerprint density at radius 3 is 2.76 bits per heavy atom. The highest BCUT2D eigenvalue weighted by molar-refractivity contribution is 5.98. The molecule has 4 aliphatic rings. The zero-order valence-electron chi connectivity index (χ0n) is 24.4. The van der Waals surface area contributed by atoms with Crippen LogP contribution in [0.4, 0.5) is 0 Å². The maximum Gasteiger partial charge on any atom is 0.254 e. The van der Waals surface area contributed by atoms with E-state index in [0.717, 1.165) is 87.2 Å². The van der Waals surface area contributed by atoms with Gasteiger partial charge in [0.2, 0.25) is 0 Å². The van der Waals surface area contributed by atoms with Gasteiger partial charge in [-0.1, -0.05) is 12.1 Å². The second kappa shape index (κ2) is 11.3. The molecule has 5 heterocycles. The van der Waals surface area contributed by atoms with Crippen molar-refractivity contribution < 1.29 is 14.3 Å². The Morgan fingerprint density at radius 2 is 1.93 bits per heavy atom. The van der Waals surface area contributed by atoms with Gasteiger partial charge in [-0.3, -0.25) is 14.7 Å². The molecule has 0 saturated carbocycles. The molecule has 0 bridgehead atoms. The molecule has 1 amide bonds. The molecule has 3 fully saturated rings. The third kappa shape index (κ3) is 5.72. The summed E-state index contributed by atoms with van der Waals surface area (Å²) in [5, 5.41) is 4.64. The molecule has 0 spiro atoms. The number of piperidine rings is 1. The van der Waals surface area contributed by atoms with Crippen LogP contribution in [0.3, 0.4) is 0 Å². The average molecular weight is 555 g/mol. The first-order chi connectivity index (χ1) is 20.0. The highest BCUT2D eigenvalue weighted by Gasteiger charge is 2.34. The fraction of sp³-hybridized carbons (Fsp3) is 0.529. The quantitative estimate of drug-likeness (QED) is 0.448. The highest BCUT2D eigenvalue weighted by Crippen LogP contribution is 2.34. The van der Waals surface area contributed by atoms with Crippen LogP contribution in [0.5, 0.6) is 5.75 Å². The number of carbonyl (C=O) groups excluding carboxylic acids is 1. The summed E-state index contributed by atoms with van der Waals surface area (Å²) >= 11 is 0. The Labute approximate surface area is 243 Å². The van der Waals surface area contributed by atoms with Gasteiger partial charge in [0, 0.05) is 61.3 Å². The number of hydrogen-bond acceptors (Lipinski definition) is 6. The summed E-state index contributed by atoms with van der Waals surface area (Å²) in [5.41, 5.74) is 5.53. The van der Waals surface area contributed by atoms with Gasteiger partial charge in [0.1, 0.15) is 11.9 Å². The molecule has 0 radical (unpaired) electrons. The smallest absolute Gasteiger partial charge is 0.254 e. The van der Waals surface area contributed by atoms with Gasteiger partial charge in [-0.2, -0.15) is 0 Å². The number of ether oxygens (including phenoxy) is 2. The normalized spacial score (nSPS) is 28.8. The van der Waals surface area contributed by atoms with Gasteiger partial charge in [-0.25, -0.2) is 0 Å². The fourth-order valence-electron chi connectivity index (χ4n) is 7.44. The molecule has 5 atom stereocenters. The predicted octanol–water partition coefficient (Wildman–Crippen LogP) is 5.27. The molecule has 1 aromatic heterocycles. The molecule has 1 N–H and O–H groups in total. The Bertz CT molecular complexity index is 1410. The van der Waals surface area contributed by atoms with Crippen LogP contribution in [0, 0.1) is 0 Å². The van der Waals surface area contributed by atoms with Gasteiger partial charge >= 0.3 is 0 Å². The van der Waals surface area contributed by atoms with Crippen molar-refractivity contribution in [3.63, 3.8) is 0 Å². The molecular weight excluding hydrogens is 512 g/mol. The predicted molar refractivity (Wildman–Crippen MR) is 160 cm³/mol. The van der Waals surface area contributed by atoms with Gasteiger partial charge in [-0.05, 0) is 100 Å². The summed E-state index contributed by atoms with van der Waals surface area (Å²) in [6.45, 7) is 9.82. The number of aromatic nitrogens is 1. The van der Waals surface area contributed by atoms with Crippen LogP contribution in [0.1, 0.15) is 79.0 Å². The van der Waals surface area contributed by atoms with Crippen molar-refractivity contribution >= 4 is 16.8 Å². The average Bonchev–Trinajstić information content (AvgIpc) is 3.55. The molecule has 7 nitrogen and oxygen atoms in total. The van der Waals surface area contributed by atoms with E-state index in [1.807, 2.05) is 17.0 Å². The van der Waals surface area contributed by atoms with Gasteiger partial charge in [-0.15, -0.1) is 0 Å². The number of nitrogens with one attached hydrogen (secondary N) is 1. The Morgan fingerprint density at radius 1 is 1.05 bits per heavy atom.